The lowest BCUT2D eigenvalue weighted by atomic mass is 10.2. The van der Waals surface area contributed by atoms with E-state index in [9.17, 15) is 4.79 Å². The van der Waals surface area contributed by atoms with E-state index in [1.807, 2.05) is 0 Å². The van der Waals surface area contributed by atoms with Gasteiger partial charge in [0.15, 0.2) is 0 Å². The maximum atomic E-state index is 12.2. The van der Waals surface area contributed by atoms with Crippen LogP contribution in [-0.4, -0.2) is 57.1 Å². The average Bonchev–Trinajstić information content (AvgIpc) is 3.10. The van der Waals surface area contributed by atoms with Gasteiger partial charge < -0.3 is 10.6 Å². The van der Waals surface area contributed by atoms with E-state index in [1.165, 1.54) is 5.56 Å². The van der Waals surface area contributed by atoms with E-state index in [4.69, 9.17) is 5.73 Å². The molecule has 8 heteroatoms. The van der Waals surface area contributed by atoms with Gasteiger partial charge in [-0.15, -0.1) is 5.10 Å². The Kier molecular flexibility index (Phi) is 3.66. The summed E-state index contributed by atoms with van der Waals surface area (Å²) in [6.45, 7) is 4.07. The van der Waals surface area contributed by atoms with Gasteiger partial charge in [0, 0.05) is 32.7 Å². The monoisotopic (exact) mass is 292 g/mol. The molecule has 0 aliphatic carbocycles. The van der Waals surface area contributed by atoms with Crippen LogP contribution in [0.15, 0.2) is 16.8 Å². The molecule has 0 spiro atoms. The van der Waals surface area contributed by atoms with Gasteiger partial charge in [-0.1, -0.05) is 0 Å². The Hall–Kier alpha value is -1.93. The molecule has 0 radical (unpaired) electrons. The minimum Gasteiger partial charge on any atom is -0.366 e. The molecule has 0 bridgehead atoms. The molecular weight excluding hydrogens is 276 g/mol. The van der Waals surface area contributed by atoms with Crippen LogP contribution in [0.1, 0.15) is 16.2 Å². The molecule has 2 aromatic heterocycles. The number of nitrogens with two attached hydrogens (primary N) is 1. The number of thiophene rings is 1. The van der Waals surface area contributed by atoms with Gasteiger partial charge in [-0.25, -0.2) is 0 Å². The van der Waals surface area contributed by atoms with E-state index in [0.29, 0.717) is 13.1 Å². The molecule has 1 amide bonds. The zero-order valence-electron chi connectivity index (χ0n) is 11.0. The van der Waals surface area contributed by atoms with Crippen molar-refractivity contribution in [1.82, 2.24) is 25.0 Å². The van der Waals surface area contributed by atoms with E-state index >= 15 is 0 Å². The Morgan fingerprint density at radius 3 is 2.80 bits per heavy atom. The number of hydrogen-bond donors (Lipinski definition) is 2. The number of aromatic amines is 1. The fourth-order valence-electron chi connectivity index (χ4n) is 2.27. The largest absolute Gasteiger partial charge is 0.366 e. The van der Waals surface area contributed by atoms with Crippen molar-refractivity contribution in [2.75, 3.05) is 31.9 Å². The first kappa shape index (κ1) is 13.1. The molecule has 0 aromatic carbocycles. The molecule has 0 saturated carbocycles. The first-order valence-corrected chi connectivity index (χ1v) is 7.37. The number of nitrogen functional groups attached to an aromatic ring is 1. The van der Waals surface area contributed by atoms with E-state index in [0.717, 1.165) is 19.6 Å². The molecule has 20 heavy (non-hydrogen) atoms. The van der Waals surface area contributed by atoms with Gasteiger partial charge in [0.25, 0.3) is 5.91 Å². The van der Waals surface area contributed by atoms with Crippen molar-refractivity contribution < 1.29 is 4.79 Å². The highest BCUT2D eigenvalue weighted by Gasteiger charge is 2.24. The maximum Gasteiger partial charge on any atom is 0.291 e. The lowest BCUT2D eigenvalue weighted by Gasteiger charge is -2.34. The summed E-state index contributed by atoms with van der Waals surface area (Å²) in [4.78, 5) is 20.2. The second kappa shape index (κ2) is 5.59. The third kappa shape index (κ3) is 2.81. The SMILES string of the molecule is Nc1n[nH]c(C(=O)N2CCN(Cc3ccsc3)CC2)n1. The first-order valence-electron chi connectivity index (χ1n) is 6.43. The summed E-state index contributed by atoms with van der Waals surface area (Å²) in [5, 5.41) is 10.5. The standard InChI is InChI=1S/C12H16N6OS/c13-12-14-10(15-16-12)11(19)18-4-2-17(3-5-18)7-9-1-6-20-8-9/h1,6,8H,2-5,7H2,(H3,13,14,15,16). The molecule has 1 fully saturated rings. The van der Waals surface area contributed by atoms with Crippen molar-refractivity contribution >= 4 is 23.2 Å². The number of aromatic nitrogens is 3. The highest BCUT2D eigenvalue weighted by Crippen LogP contribution is 2.12. The molecule has 106 valence electrons. The number of hydrogen-bond acceptors (Lipinski definition) is 6. The minimum atomic E-state index is -0.135. The smallest absolute Gasteiger partial charge is 0.291 e. The van der Waals surface area contributed by atoms with Crippen LogP contribution in [0, 0.1) is 0 Å². The highest BCUT2D eigenvalue weighted by molar-refractivity contribution is 7.07. The van der Waals surface area contributed by atoms with Crippen molar-refractivity contribution in [2.45, 2.75) is 6.54 Å². The van der Waals surface area contributed by atoms with Gasteiger partial charge in [0.05, 0.1) is 0 Å². The Labute approximate surface area is 120 Å². The summed E-state index contributed by atoms with van der Waals surface area (Å²) < 4.78 is 0. The predicted octanol–water partition coefficient (Wildman–Crippen LogP) is 0.406. The van der Waals surface area contributed by atoms with Gasteiger partial charge in [-0.3, -0.25) is 14.8 Å². The Balaban J connectivity index is 1.54. The van der Waals surface area contributed by atoms with Crippen molar-refractivity contribution in [2.24, 2.45) is 0 Å². The second-order valence-corrected chi connectivity index (χ2v) is 5.52. The summed E-state index contributed by atoms with van der Waals surface area (Å²) in [6.07, 6.45) is 0. The third-order valence-electron chi connectivity index (χ3n) is 3.35. The molecule has 1 saturated heterocycles. The number of carbonyl (C=O) groups excluding carboxylic acids is 1. The molecule has 3 rings (SSSR count). The van der Waals surface area contributed by atoms with Crippen molar-refractivity contribution in [1.29, 1.82) is 0 Å². The topological polar surface area (TPSA) is 91.1 Å². The number of nitrogens with zero attached hydrogens (tertiary/aromatic N) is 4. The summed E-state index contributed by atoms with van der Waals surface area (Å²) in [7, 11) is 0. The number of amides is 1. The number of carbonyl (C=O) groups is 1. The Morgan fingerprint density at radius 2 is 2.20 bits per heavy atom. The zero-order chi connectivity index (χ0) is 13.9. The molecule has 3 N–H and O–H groups in total. The number of anilines is 1. The summed E-state index contributed by atoms with van der Waals surface area (Å²) in [5.74, 6) is 0.183. The van der Waals surface area contributed by atoms with Crippen LogP contribution in [0.5, 0.6) is 0 Å². The number of H-pyrrole nitrogens is 1. The first-order chi connectivity index (χ1) is 9.72. The van der Waals surface area contributed by atoms with Crippen molar-refractivity contribution in [3.8, 4) is 0 Å². The Bertz CT molecular complexity index is 573. The molecule has 0 atom stereocenters. The predicted molar refractivity (Wildman–Crippen MR) is 76.3 cm³/mol. The summed E-state index contributed by atoms with van der Waals surface area (Å²) in [6, 6.07) is 2.14. The van der Waals surface area contributed by atoms with Crippen LogP contribution < -0.4 is 5.73 Å². The Morgan fingerprint density at radius 1 is 1.40 bits per heavy atom. The van der Waals surface area contributed by atoms with E-state index < -0.39 is 0 Å². The molecular formula is C12H16N6OS. The van der Waals surface area contributed by atoms with E-state index in [1.54, 1.807) is 16.2 Å². The quantitative estimate of drug-likeness (QED) is 0.855. The fourth-order valence-corrected chi connectivity index (χ4v) is 2.93. The minimum absolute atomic E-state index is 0.101. The zero-order valence-corrected chi connectivity index (χ0v) is 11.8. The molecule has 2 aromatic rings. The van der Waals surface area contributed by atoms with Crippen molar-refractivity contribution in [3.63, 3.8) is 0 Å². The molecule has 1 aliphatic rings. The van der Waals surface area contributed by atoms with Gasteiger partial charge >= 0.3 is 0 Å². The number of nitrogens with one attached hydrogen (secondary N) is 1. The third-order valence-corrected chi connectivity index (χ3v) is 4.08. The molecule has 0 unspecified atom stereocenters. The maximum absolute atomic E-state index is 12.2. The van der Waals surface area contributed by atoms with Crippen molar-refractivity contribution in [3.05, 3.63) is 28.2 Å². The van der Waals surface area contributed by atoms with Gasteiger partial charge in [0.1, 0.15) is 0 Å². The van der Waals surface area contributed by atoms with Crippen LogP contribution in [0.2, 0.25) is 0 Å². The van der Waals surface area contributed by atoms with E-state index in [-0.39, 0.29) is 17.7 Å². The van der Waals surface area contributed by atoms with Gasteiger partial charge in [-0.05, 0) is 22.4 Å². The molecule has 7 nitrogen and oxygen atoms in total. The van der Waals surface area contributed by atoms with Gasteiger partial charge in [-0.2, -0.15) is 16.3 Å². The summed E-state index contributed by atoms with van der Waals surface area (Å²) in [5.41, 5.74) is 6.74. The number of piperazine rings is 1. The van der Waals surface area contributed by atoms with Crippen LogP contribution in [0.3, 0.4) is 0 Å². The van der Waals surface area contributed by atoms with E-state index in [2.05, 4.69) is 36.9 Å². The number of rotatable bonds is 3. The van der Waals surface area contributed by atoms with Gasteiger partial charge in [0.2, 0.25) is 11.8 Å². The molecule has 3 heterocycles. The van der Waals surface area contributed by atoms with Crippen LogP contribution in [-0.2, 0) is 6.54 Å². The summed E-state index contributed by atoms with van der Waals surface area (Å²) >= 11 is 1.71. The second-order valence-electron chi connectivity index (χ2n) is 4.74. The lowest BCUT2D eigenvalue weighted by Crippen LogP contribution is -2.48. The fraction of sp³-hybridized carbons (Fsp3) is 0.417. The average molecular weight is 292 g/mol. The van der Waals surface area contributed by atoms with Crippen LogP contribution in [0.25, 0.3) is 0 Å². The normalized spacial score (nSPS) is 16.5. The lowest BCUT2D eigenvalue weighted by molar-refractivity contribution is 0.0617. The van der Waals surface area contributed by atoms with Crippen LogP contribution in [0.4, 0.5) is 5.95 Å². The highest BCUT2D eigenvalue weighted by atomic mass is 32.1. The van der Waals surface area contributed by atoms with Crippen LogP contribution >= 0.6 is 11.3 Å². The molecule has 1 aliphatic heterocycles.